The van der Waals surface area contributed by atoms with Crippen LogP contribution in [0.15, 0.2) is 48.5 Å². The van der Waals surface area contributed by atoms with Gasteiger partial charge in [-0.1, -0.05) is 42.0 Å². The van der Waals surface area contributed by atoms with Crippen LogP contribution in [0, 0.1) is 6.92 Å². The smallest absolute Gasteiger partial charge is 0.338 e. The molecule has 5 nitrogen and oxygen atoms in total. The predicted octanol–water partition coefficient (Wildman–Crippen LogP) is 2.91. The Morgan fingerprint density at radius 3 is 2.24 bits per heavy atom. The number of halogens is 1. The molecule has 2 aromatic rings. The lowest BCUT2D eigenvalue weighted by molar-refractivity contribution is -0.122. The molecule has 0 aliphatic heterocycles. The largest absolute Gasteiger partial charge is 0.462 e. The Labute approximate surface area is 154 Å². The van der Waals surface area contributed by atoms with Gasteiger partial charge in [0.15, 0.2) is 0 Å². The van der Waals surface area contributed by atoms with Crippen LogP contribution >= 0.6 is 12.4 Å². The summed E-state index contributed by atoms with van der Waals surface area (Å²) in [6.07, 6.45) is 0. The molecule has 0 bridgehead atoms. The zero-order valence-corrected chi connectivity index (χ0v) is 15.1. The summed E-state index contributed by atoms with van der Waals surface area (Å²) in [5, 5.41) is 2.81. The van der Waals surface area contributed by atoms with Crippen LogP contribution in [0.1, 0.15) is 40.0 Å². The van der Waals surface area contributed by atoms with Crippen molar-refractivity contribution >= 4 is 24.3 Å². The van der Waals surface area contributed by atoms with Crippen LogP contribution in [0.3, 0.4) is 0 Å². The Kier molecular flexibility index (Phi) is 8.11. The normalized spacial score (nSPS) is 11.2. The SMILES string of the molecule is CCOC(=O)c1ccc(CNC(=O)C(N)c2ccc(C)cc2)cc1.Cl. The van der Waals surface area contributed by atoms with E-state index in [1.165, 1.54) is 0 Å². The van der Waals surface area contributed by atoms with Crippen LogP contribution in [0.2, 0.25) is 0 Å². The maximum atomic E-state index is 12.2. The first-order chi connectivity index (χ1) is 11.5. The number of carbonyl (C=O) groups excluding carboxylic acids is 2. The summed E-state index contributed by atoms with van der Waals surface area (Å²) in [5.41, 5.74) is 9.24. The van der Waals surface area contributed by atoms with Gasteiger partial charge in [-0.3, -0.25) is 4.79 Å². The molecule has 0 aromatic heterocycles. The lowest BCUT2D eigenvalue weighted by Crippen LogP contribution is -2.33. The third kappa shape index (κ3) is 5.89. The van der Waals surface area contributed by atoms with Crippen LogP contribution in [0.25, 0.3) is 0 Å². The van der Waals surface area contributed by atoms with Crippen LogP contribution in [0.4, 0.5) is 0 Å². The molecule has 0 aliphatic carbocycles. The van der Waals surface area contributed by atoms with Crippen molar-refractivity contribution in [2.75, 3.05) is 6.61 Å². The van der Waals surface area contributed by atoms with Crippen LogP contribution in [0.5, 0.6) is 0 Å². The van der Waals surface area contributed by atoms with Crippen molar-refractivity contribution in [3.8, 4) is 0 Å². The first-order valence-corrected chi connectivity index (χ1v) is 7.87. The van der Waals surface area contributed by atoms with Gasteiger partial charge in [-0.15, -0.1) is 12.4 Å². The van der Waals surface area contributed by atoms with Crippen molar-refractivity contribution in [1.29, 1.82) is 0 Å². The minimum Gasteiger partial charge on any atom is -0.462 e. The average molecular weight is 363 g/mol. The maximum Gasteiger partial charge on any atom is 0.338 e. The fraction of sp³-hybridized carbons (Fsp3) is 0.263. The van der Waals surface area contributed by atoms with Gasteiger partial charge < -0.3 is 15.8 Å². The van der Waals surface area contributed by atoms with Gasteiger partial charge in [0.2, 0.25) is 5.91 Å². The molecule has 0 aliphatic rings. The predicted molar refractivity (Wildman–Crippen MR) is 99.6 cm³/mol. The highest BCUT2D eigenvalue weighted by atomic mass is 35.5. The summed E-state index contributed by atoms with van der Waals surface area (Å²) in [5.74, 6) is -0.595. The van der Waals surface area contributed by atoms with Crippen molar-refractivity contribution in [2.24, 2.45) is 5.73 Å². The first kappa shape index (κ1) is 20.7. The molecule has 0 saturated carbocycles. The van der Waals surface area contributed by atoms with Crippen molar-refractivity contribution in [2.45, 2.75) is 26.4 Å². The molecule has 1 atom stereocenters. The Hall–Kier alpha value is -2.37. The number of esters is 1. The fourth-order valence-corrected chi connectivity index (χ4v) is 2.20. The highest BCUT2D eigenvalue weighted by Gasteiger charge is 2.15. The second-order valence-electron chi connectivity index (χ2n) is 5.52. The zero-order valence-electron chi connectivity index (χ0n) is 14.3. The second-order valence-corrected chi connectivity index (χ2v) is 5.52. The molecule has 134 valence electrons. The number of ether oxygens (including phenoxy) is 1. The molecule has 25 heavy (non-hydrogen) atoms. The van der Waals surface area contributed by atoms with Gasteiger partial charge in [-0.05, 0) is 37.1 Å². The molecule has 2 aromatic carbocycles. The number of carbonyl (C=O) groups is 2. The molecule has 0 fully saturated rings. The lowest BCUT2D eigenvalue weighted by atomic mass is 10.1. The van der Waals surface area contributed by atoms with E-state index in [2.05, 4.69) is 5.32 Å². The number of hydrogen-bond donors (Lipinski definition) is 2. The molecular weight excluding hydrogens is 340 g/mol. The van der Waals surface area contributed by atoms with Gasteiger partial charge in [0.25, 0.3) is 0 Å². The highest BCUT2D eigenvalue weighted by molar-refractivity contribution is 5.89. The number of amides is 1. The molecule has 0 radical (unpaired) electrons. The molecule has 0 spiro atoms. The summed E-state index contributed by atoms with van der Waals surface area (Å²) in [7, 11) is 0. The average Bonchev–Trinajstić information content (AvgIpc) is 2.60. The Morgan fingerprint density at radius 1 is 1.08 bits per heavy atom. The number of rotatable bonds is 6. The molecule has 1 amide bonds. The summed E-state index contributed by atoms with van der Waals surface area (Å²) < 4.78 is 4.93. The summed E-state index contributed by atoms with van der Waals surface area (Å²) in [4.78, 5) is 23.7. The lowest BCUT2D eigenvalue weighted by Gasteiger charge is -2.13. The van der Waals surface area contributed by atoms with E-state index in [4.69, 9.17) is 10.5 Å². The van der Waals surface area contributed by atoms with E-state index in [9.17, 15) is 9.59 Å². The van der Waals surface area contributed by atoms with Gasteiger partial charge >= 0.3 is 5.97 Å². The van der Waals surface area contributed by atoms with Crippen LogP contribution in [-0.2, 0) is 16.1 Å². The Morgan fingerprint density at radius 2 is 1.68 bits per heavy atom. The molecular formula is C19H23ClN2O3. The zero-order chi connectivity index (χ0) is 17.5. The van der Waals surface area contributed by atoms with E-state index in [1.54, 1.807) is 31.2 Å². The third-order valence-electron chi connectivity index (χ3n) is 3.65. The van der Waals surface area contributed by atoms with Crippen molar-refractivity contribution in [3.63, 3.8) is 0 Å². The van der Waals surface area contributed by atoms with Crippen LogP contribution < -0.4 is 11.1 Å². The Balaban J connectivity index is 0.00000312. The Bertz CT molecular complexity index is 700. The van der Waals surface area contributed by atoms with Gasteiger partial charge in [-0.2, -0.15) is 0 Å². The number of benzene rings is 2. The monoisotopic (exact) mass is 362 g/mol. The minimum atomic E-state index is -0.704. The minimum absolute atomic E-state index is 0. The van der Waals surface area contributed by atoms with Gasteiger partial charge in [-0.25, -0.2) is 4.79 Å². The highest BCUT2D eigenvalue weighted by Crippen LogP contribution is 2.12. The van der Waals surface area contributed by atoms with E-state index >= 15 is 0 Å². The van der Waals surface area contributed by atoms with E-state index in [-0.39, 0.29) is 24.3 Å². The van der Waals surface area contributed by atoms with Gasteiger partial charge in [0, 0.05) is 6.54 Å². The summed E-state index contributed by atoms with van der Waals surface area (Å²) >= 11 is 0. The number of aryl methyl sites for hydroxylation is 1. The summed E-state index contributed by atoms with van der Waals surface area (Å²) in [6, 6.07) is 13.8. The topological polar surface area (TPSA) is 81.4 Å². The fourth-order valence-electron chi connectivity index (χ4n) is 2.20. The van der Waals surface area contributed by atoms with Crippen molar-refractivity contribution in [3.05, 3.63) is 70.8 Å². The number of hydrogen-bond acceptors (Lipinski definition) is 4. The molecule has 2 rings (SSSR count). The van der Waals surface area contributed by atoms with Crippen molar-refractivity contribution in [1.82, 2.24) is 5.32 Å². The molecule has 3 N–H and O–H groups in total. The maximum absolute atomic E-state index is 12.2. The third-order valence-corrected chi connectivity index (χ3v) is 3.65. The van der Waals surface area contributed by atoms with Gasteiger partial charge in [0.05, 0.1) is 12.2 Å². The molecule has 6 heteroatoms. The molecule has 1 unspecified atom stereocenters. The molecule has 0 heterocycles. The number of nitrogens with two attached hydrogens (primary N) is 1. The van der Waals surface area contributed by atoms with E-state index < -0.39 is 6.04 Å². The summed E-state index contributed by atoms with van der Waals surface area (Å²) in [6.45, 7) is 4.43. The molecule has 0 saturated heterocycles. The van der Waals surface area contributed by atoms with Crippen molar-refractivity contribution < 1.29 is 14.3 Å². The van der Waals surface area contributed by atoms with E-state index in [0.717, 1.165) is 16.7 Å². The van der Waals surface area contributed by atoms with Crippen LogP contribution in [-0.4, -0.2) is 18.5 Å². The van der Waals surface area contributed by atoms with E-state index in [1.807, 2.05) is 31.2 Å². The number of nitrogens with one attached hydrogen (secondary N) is 1. The van der Waals surface area contributed by atoms with E-state index in [0.29, 0.717) is 18.7 Å². The second kappa shape index (κ2) is 9.81. The first-order valence-electron chi connectivity index (χ1n) is 7.87. The van der Waals surface area contributed by atoms with Gasteiger partial charge in [0.1, 0.15) is 6.04 Å². The quantitative estimate of drug-likeness (QED) is 0.774. The standard InChI is InChI=1S/C19H22N2O3.ClH/c1-3-24-19(23)16-10-6-14(7-11-16)12-21-18(22)17(20)15-8-4-13(2)5-9-15;/h4-11,17H,3,12,20H2,1-2H3,(H,21,22);1H.